The molecule has 1 rings (SSSR count). The largest absolute Gasteiger partial charge is 0.504 e. The number of hydrogen-bond donors (Lipinski definition) is 3. The number of hydrogen-bond acceptors (Lipinski definition) is 5. The van der Waals surface area contributed by atoms with Crippen LogP contribution in [0.15, 0.2) is 24.3 Å². The summed E-state index contributed by atoms with van der Waals surface area (Å²) >= 11 is 0. The van der Waals surface area contributed by atoms with Crippen molar-refractivity contribution in [3.63, 3.8) is 0 Å². The van der Waals surface area contributed by atoms with Crippen LogP contribution in [0.4, 0.5) is 0 Å². The highest BCUT2D eigenvalue weighted by Crippen LogP contribution is 2.35. The third-order valence-corrected chi connectivity index (χ3v) is 3.01. The fourth-order valence-electron chi connectivity index (χ4n) is 1.80. The first-order chi connectivity index (χ1) is 10.1. The summed E-state index contributed by atoms with van der Waals surface area (Å²) in [6.07, 6.45) is 9.45. The molecule has 0 saturated carbocycles. The molecule has 0 aromatic heterocycles. The lowest BCUT2D eigenvalue weighted by Gasteiger charge is -2.05. The normalized spacial score (nSPS) is 10.9. The molecule has 0 fully saturated rings. The number of esters is 1. The second kappa shape index (κ2) is 8.89. The van der Waals surface area contributed by atoms with Crippen molar-refractivity contribution in [1.29, 1.82) is 0 Å². The molecule has 0 spiro atoms. The number of ether oxygens (including phenoxy) is 1. The Bertz CT molecular complexity index is 470. The third kappa shape index (κ3) is 5.77. The molecule has 0 aliphatic heterocycles. The molecule has 0 atom stereocenters. The topological polar surface area (TPSA) is 87.0 Å². The number of carbonyl (C=O) groups excluding carboxylic acids is 1. The number of unbranched alkanes of at least 4 members (excludes halogenated alkanes) is 4. The van der Waals surface area contributed by atoms with Crippen LogP contribution in [0.1, 0.15) is 49.4 Å². The number of aromatic hydroxyl groups is 3. The number of rotatable bonds is 8. The summed E-state index contributed by atoms with van der Waals surface area (Å²) in [4.78, 5) is 11.7. The lowest BCUT2D eigenvalue weighted by atomic mass is 10.1. The summed E-state index contributed by atoms with van der Waals surface area (Å²) in [6.45, 7) is 2.29. The monoisotopic (exact) mass is 294 g/mol. The van der Waals surface area contributed by atoms with E-state index in [1.54, 1.807) is 6.08 Å². The van der Waals surface area contributed by atoms with Gasteiger partial charge in [-0.15, -0.1) is 0 Å². The Morgan fingerprint density at radius 1 is 1.10 bits per heavy atom. The second-order valence-corrected chi connectivity index (χ2v) is 4.78. The minimum atomic E-state index is -0.670. The summed E-state index contributed by atoms with van der Waals surface area (Å²) in [5, 5.41) is 27.8. The van der Waals surface area contributed by atoms with Gasteiger partial charge in [-0.2, -0.15) is 0 Å². The lowest BCUT2D eigenvalue weighted by molar-refractivity contribution is 0.0548. The van der Waals surface area contributed by atoms with Gasteiger partial charge >= 0.3 is 5.97 Å². The first kappa shape index (κ1) is 16.9. The highest BCUT2D eigenvalue weighted by Gasteiger charge is 2.13. The average Bonchev–Trinajstić information content (AvgIpc) is 2.46. The Kier molecular flexibility index (Phi) is 7.15. The molecule has 0 heterocycles. The van der Waals surface area contributed by atoms with Crippen LogP contribution in [-0.4, -0.2) is 27.9 Å². The number of phenols is 3. The van der Waals surface area contributed by atoms with Gasteiger partial charge in [0.25, 0.3) is 0 Å². The number of allylic oxidation sites excluding steroid dienone is 1. The van der Waals surface area contributed by atoms with Crippen LogP contribution in [-0.2, 0) is 4.74 Å². The van der Waals surface area contributed by atoms with E-state index in [0.717, 1.165) is 25.0 Å². The molecular weight excluding hydrogens is 272 g/mol. The quantitative estimate of drug-likeness (QED) is 0.296. The van der Waals surface area contributed by atoms with Crippen LogP contribution in [0.5, 0.6) is 17.2 Å². The van der Waals surface area contributed by atoms with E-state index in [-0.39, 0.29) is 12.2 Å². The zero-order valence-corrected chi connectivity index (χ0v) is 12.2. The SMILES string of the molecule is CCCCCCC=CCOC(=O)c1cc(O)c(O)c(O)c1. The maximum Gasteiger partial charge on any atom is 0.338 e. The zero-order chi connectivity index (χ0) is 15.7. The number of phenolic OH excluding ortho intramolecular Hbond substituents is 3. The maximum atomic E-state index is 11.7. The van der Waals surface area contributed by atoms with Gasteiger partial charge in [0.15, 0.2) is 17.2 Å². The average molecular weight is 294 g/mol. The molecular formula is C16H22O5. The molecule has 3 N–H and O–H groups in total. The molecule has 0 radical (unpaired) electrons. The summed E-state index contributed by atoms with van der Waals surface area (Å²) in [7, 11) is 0. The minimum absolute atomic E-state index is 0.0147. The van der Waals surface area contributed by atoms with E-state index in [4.69, 9.17) is 4.74 Å². The number of benzene rings is 1. The zero-order valence-electron chi connectivity index (χ0n) is 12.2. The molecule has 5 heteroatoms. The summed E-state index contributed by atoms with van der Waals surface area (Å²) < 4.78 is 4.98. The Labute approximate surface area is 124 Å². The first-order valence-electron chi connectivity index (χ1n) is 7.13. The van der Waals surface area contributed by atoms with Crippen LogP contribution in [0, 0.1) is 0 Å². The molecule has 1 aromatic rings. The highest BCUT2D eigenvalue weighted by molar-refractivity contribution is 5.91. The molecule has 0 saturated heterocycles. The van der Waals surface area contributed by atoms with Crippen molar-refractivity contribution in [2.75, 3.05) is 6.61 Å². The van der Waals surface area contributed by atoms with Gasteiger partial charge in [-0.1, -0.05) is 38.3 Å². The van der Waals surface area contributed by atoms with E-state index in [2.05, 4.69) is 6.92 Å². The predicted molar refractivity (Wildman–Crippen MR) is 79.6 cm³/mol. The molecule has 0 bridgehead atoms. The van der Waals surface area contributed by atoms with Gasteiger partial charge in [0.1, 0.15) is 6.61 Å². The van der Waals surface area contributed by atoms with Crippen molar-refractivity contribution in [3.05, 3.63) is 29.8 Å². The Hall–Kier alpha value is -2.17. The van der Waals surface area contributed by atoms with Gasteiger partial charge in [-0.25, -0.2) is 4.79 Å². The molecule has 21 heavy (non-hydrogen) atoms. The second-order valence-electron chi connectivity index (χ2n) is 4.78. The lowest BCUT2D eigenvalue weighted by Crippen LogP contribution is -2.04. The van der Waals surface area contributed by atoms with Crippen molar-refractivity contribution in [2.24, 2.45) is 0 Å². The van der Waals surface area contributed by atoms with Crippen LogP contribution < -0.4 is 0 Å². The van der Waals surface area contributed by atoms with Gasteiger partial charge in [-0.3, -0.25) is 0 Å². The Morgan fingerprint density at radius 2 is 1.76 bits per heavy atom. The molecule has 116 valence electrons. The van der Waals surface area contributed by atoms with Gasteiger partial charge in [0.05, 0.1) is 5.56 Å². The van der Waals surface area contributed by atoms with Crippen LogP contribution in [0.2, 0.25) is 0 Å². The van der Waals surface area contributed by atoms with E-state index in [1.165, 1.54) is 19.3 Å². The van der Waals surface area contributed by atoms with E-state index < -0.39 is 23.2 Å². The van der Waals surface area contributed by atoms with Crippen LogP contribution in [0.25, 0.3) is 0 Å². The smallest absolute Gasteiger partial charge is 0.338 e. The number of carbonyl (C=O) groups is 1. The van der Waals surface area contributed by atoms with E-state index in [1.807, 2.05) is 6.08 Å². The van der Waals surface area contributed by atoms with E-state index in [0.29, 0.717) is 0 Å². The minimum Gasteiger partial charge on any atom is -0.504 e. The molecule has 0 unspecified atom stereocenters. The Morgan fingerprint density at radius 3 is 2.38 bits per heavy atom. The van der Waals surface area contributed by atoms with Crippen molar-refractivity contribution in [1.82, 2.24) is 0 Å². The molecule has 0 aliphatic rings. The Balaban J connectivity index is 2.36. The van der Waals surface area contributed by atoms with E-state index >= 15 is 0 Å². The van der Waals surface area contributed by atoms with E-state index in [9.17, 15) is 20.1 Å². The van der Waals surface area contributed by atoms with Gasteiger partial charge in [0, 0.05) is 0 Å². The fraction of sp³-hybridized carbons (Fsp3) is 0.438. The first-order valence-corrected chi connectivity index (χ1v) is 7.13. The third-order valence-electron chi connectivity index (χ3n) is 3.01. The fourth-order valence-corrected chi connectivity index (χ4v) is 1.80. The standard InChI is InChI=1S/C16H22O5/c1-2-3-4-5-6-7-8-9-21-16(20)12-10-13(17)15(19)14(18)11-12/h7-8,10-11,17-19H,2-6,9H2,1H3. The van der Waals surface area contributed by atoms with Gasteiger partial charge in [-0.05, 0) is 25.0 Å². The molecule has 0 aliphatic carbocycles. The molecule has 0 amide bonds. The van der Waals surface area contributed by atoms with Gasteiger partial charge in [0.2, 0.25) is 0 Å². The van der Waals surface area contributed by atoms with Crippen molar-refractivity contribution in [2.45, 2.75) is 39.0 Å². The van der Waals surface area contributed by atoms with Gasteiger partial charge < -0.3 is 20.1 Å². The summed E-state index contributed by atoms with van der Waals surface area (Å²) in [5.41, 5.74) is -0.0147. The van der Waals surface area contributed by atoms with Crippen molar-refractivity contribution < 1.29 is 24.9 Å². The van der Waals surface area contributed by atoms with Crippen LogP contribution >= 0.6 is 0 Å². The highest BCUT2D eigenvalue weighted by atomic mass is 16.5. The van der Waals surface area contributed by atoms with Crippen LogP contribution in [0.3, 0.4) is 0 Å². The molecule has 5 nitrogen and oxygen atoms in total. The maximum absolute atomic E-state index is 11.7. The summed E-state index contributed by atoms with van der Waals surface area (Å²) in [6, 6.07) is 2.09. The summed E-state index contributed by atoms with van der Waals surface area (Å²) in [5.74, 6) is -2.45. The molecule has 1 aromatic carbocycles. The van der Waals surface area contributed by atoms with Crippen molar-refractivity contribution >= 4 is 5.97 Å². The predicted octanol–water partition coefficient (Wildman–Crippen LogP) is 3.49. The van der Waals surface area contributed by atoms with Crippen molar-refractivity contribution in [3.8, 4) is 17.2 Å².